The molecular weight excluding hydrogens is 348 g/mol. The summed E-state index contributed by atoms with van der Waals surface area (Å²) in [5, 5.41) is 2.82. The molecule has 8 nitrogen and oxygen atoms in total. The van der Waals surface area contributed by atoms with Crippen molar-refractivity contribution < 1.29 is 19.1 Å². The zero-order chi connectivity index (χ0) is 19.6. The van der Waals surface area contributed by atoms with Crippen LogP contribution in [0.5, 0.6) is 5.88 Å². The van der Waals surface area contributed by atoms with Crippen LogP contribution in [0.1, 0.15) is 56.3 Å². The van der Waals surface area contributed by atoms with E-state index in [-0.39, 0.29) is 41.4 Å². The molecule has 4 amide bonds. The predicted molar refractivity (Wildman–Crippen MR) is 98.0 cm³/mol. The van der Waals surface area contributed by atoms with Crippen LogP contribution in [-0.2, 0) is 4.79 Å². The SMILES string of the molecule is CC[C@H](C)[C@@H]1NC(=O)N(C2CCC(Oc3ncccc3C(N)=O)CC2)C1=O. The van der Waals surface area contributed by atoms with Crippen LogP contribution in [0.3, 0.4) is 0 Å². The van der Waals surface area contributed by atoms with Gasteiger partial charge in [-0.3, -0.25) is 14.5 Å². The molecule has 0 radical (unpaired) electrons. The molecule has 1 saturated heterocycles. The van der Waals surface area contributed by atoms with Gasteiger partial charge in [0, 0.05) is 12.2 Å². The van der Waals surface area contributed by atoms with Crippen LogP contribution < -0.4 is 15.8 Å². The predicted octanol–water partition coefficient (Wildman–Crippen LogP) is 1.84. The Labute approximate surface area is 158 Å². The van der Waals surface area contributed by atoms with E-state index < -0.39 is 11.9 Å². The summed E-state index contributed by atoms with van der Waals surface area (Å²) >= 11 is 0. The van der Waals surface area contributed by atoms with Gasteiger partial charge in [-0.15, -0.1) is 0 Å². The maximum Gasteiger partial charge on any atom is 0.325 e. The van der Waals surface area contributed by atoms with E-state index in [0.717, 1.165) is 6.42 Å². The number of carbonyl (C=O) groups is 3. The molecule has 2 aliphatic rings. The van der Waals surface area contributed by atoms with Crippen molar-refractivity contribution in [1.82, 2.24) is 15.2 Å². The van der Waals surface area contributed by atoms with E-state index in [1.54, 1.807) is 18.3 Å². The van der Waals surface area contributed by atoms with Gasteiger partial charge in [-0.1, -0.05) is 20.3 Å². The number of pyridine rings is 1. The van der Waals surface area contributed by atoms with Gasteiger partial charge in [-0.05, 0) is 43.7 Å². The third-order valence-corrected chi connectivity index (χ3v) is 5.54. The molecule has 27 heavy (non-hydrogen) atoms. The monoisotopic (exact) mass is 374 g/mol. The molecule has 1 aromatic rings. The second kappa shape index (κ2) is 7.94. The molecule has 2 atom stereocenters. The zero-order valence-electron chi connectivity index (χ0n) is 15.7. The molecular formula is C19H26N4O4. The number of urea groups is 1. The molecule has 1 saturated carbocycles. The number of nitrogens with one attached hydrogen (secondary N) is 1. The Hall–Kier alpha value is -2.64. The Morgan fingerprint density at radius 2 is 2.07 bits per heavy atom. The summed E-state index contributed by atoms with van der Waals surface area (Å²) in [7, 11) is 0. The molecule has 1 aliphatic heterocycles. The van der Waals surface area contributed by atoms with E-state index in [0.29, 0.717) is 25.7 Å². The Morgan fingerprint density at radius 3 is 2.70 bits per heavy atom. The van der Waals surface area contributed by atoms with Gasteiger partial charge in [0.1, 0.15) is 17.7 Å². The molecule has 146 valence electrons. The fraction of sp³-hybridized carbons (Fsp3) is 0.579. The molecule has 3 rings (SSSR count). The highest BCUT2D eigenvalue weighted by atomic mass is 16.5. The highest BCUT2D eigenvalue weighted by Crippen LogP contribution is 2.30. The summed E-state index contributed by atoms with van der Waals surface area (Å²) in [6, 6.07) is 2.37. The smallest absolute Gasteiger partial charge is 0.325 e. The molecule has 0 bridgehead atoms. The maximum absolute atomic E-state index is 12.7. The van der Waals surface area contributed by atoms with Gasteiger partial charge in [0.25, 0.3) is 11.8 Å². The first-order valence-corrected chi connectivity index (χ1v) is 9.47. The lowest BCUT2D eigenvalue weighted by molar-refractivity contribution is -0.130. The normalized spacial score (nSPS) is 26.6. The third kappa shape index (κ3) is 3.89. The minimum absolute atomic E-state index is 0.113. The molecule has 0 aromatic carbocycles. The standard InChI is InChI=1S/C19H26N4O4/c1-3-11(2)15-18(25)23(19(26)22-15)12-6-8-13(9-7-12)27-17-14(16(20)24)5-4-10-21-17/h4-5,10-13,15H,3,6-9H2,1-2H3,(H2,20,24)(H,22,26)/t11-,12?,13?,15-/m0/s1. The lowest BCUT2D eigenvalue weighted by Crippen LogP contribution is -2.44. The van der Waals surface area contributed by atoms with Gasteiger partial charge in [-0.2, -0.15) is 0 Å². The Balaban J connectivity index is 1.60. The molecule has 3 N–H and O–H groups in total. The first-order chi connectivity index (χ1) is 12.9. The van der Waals surface area contributed by atoms with Crippen molar-refractivity contribution in [1.29, 1.82) is 0 Å². The van der Waals surface area contributed by atoms with Gasteiger partial charge in [0.15, 0.2) is 0 Å². The zero-order valence-corrected chi connectivity index (χ0v) is 15.7. The van der Waals surface area contributed by atoms with Crippen molar-refractivity contribution in [2.45, 2.75) is 64.1 Å². The van der Waals surface area contributed by atoms with Crippen molar-refractivity contribution in [2.75, 3.05) is 0 Å². The molecule has 1 aromatic heterocycles. The average Bonchev–Trinajstić information content (AvgIpc) is 2.96. The van der Waals surface area contributed by atoms with E-state index in [9.17, 15) is 14.4 Å². The summed E-state index contributed by atoms with van der Waals surface area (Å²) < 4.78 is 5.87. The lowest BCUT2D eigenvalue weighted by Gasteiger charge is -2.33. The number of hydrogen-bond donors (Lipinski definition) is 2. The minimum atomic E-state index is -0.581. The highest BCUT2D eigenvalue weighted by Gasteiger charge is 2.44. The minimum Gasteiger partial charge on any atom is -0.474 e. The second-order valence-electron chi connectivity index (χ2n) is 7.29. The number of nitrogens with two attached hydrogens (primary N) is 1. The average molecular weight is 374 g/mol. The Bertz CT molecular complexity index is 730. The van der Waals surface area contributed by atoms with Crippen LogP contribution in [0.25, 0.3) is 0 Å². The summed E-state index contributed by atoms with van der Waals surface area (Å²) in [6.07, 6.45) is 4.92. The Kier molecular flexibility index (Phi) is 5.62. The van der Waals surface area contributed by atoms with E-state index in [1.807, 2.05) is 13.8 Å². The summed E-state index contributed by atoms with van der Waals surface area (Å²) in [5.41, 5.74) is 5.61. The number of imide groups is 1. The summed E-state index contributed by atoms with van der Waals surface area (Å²) in [6.45, 7) is 3.98. The van der Waals surface area contributed by atoms with Gasteiger partial charge in [0.05, 0.1) is 0 Å². The van der Waals surface area contributed by atoms with Crippen LogP contribution in [0.2, 0.25) is 0 Å². The number of primary amides is 1. The lowest BCUT2D eigenvalue weighted by atomic mass is 9.91. The van der Waals surface area contributed by atoms with Crippen molar-refractivity contribution in [3.05, 3.63) is 23.9 Å². The first-order valence-electron chi connectivity index (χ1n) is 9.47. The van der Waals surface area contributed by atoms with Crippen LogP contribution >= 0.6 is 0 Å². The number of carbonyl (C=O) groups excluding carboxylic acids is 3. The van der Waals surface area contributed by atoms with Gasteiger partial charge in [0.2, 0.25) is 5.88 Å². The van der Waals surface area contributed by atoms with E-state index in [2.05, 4.69) is 10.3 Å². The molecule has 1 aliphatic carbocycles. The van der Waals surface area contributed by atoms with Gasteiger partial charge in [-0.25, -0.2) is 9.78 Å². The number of aromatic nitrogens is 1. The second-order valence-corrected chi connectivity index (χ2v) is 7.29. The Morgan fingerprint density at radius 1 is 1.37 bits per heavy atom. The number of amides is 4. The van der Waals surface area contributed by atoms with E-state index in [1.165, 1.54) is 4.90 Å². The maximum atomic E-state index is 12.7. The molecule has 0 unspecified atom stereocenters. The van der Waals surface area contributed by atoms with Crippen LogP contribution in [-0.4, -0.2) is 45.9 Å². The number of ether oxygens (including phenoxy) is 1. The van der Waals surface area contributed by atoms with Crippen molar-refractivity contribution >= 4 is 17.8 Å². The fourth-order valence-corrected chi connectivity index (χ4v) is 3.73. The van der Waals surface area contributed by atoms with Crippen molar-refractivity contribution in [2.24, 2.45) is 11.7 Å². The number of rotatable bonds is 6. The molecule has 2 fully saturated rings. The third-order valence-electron chi connectivity index (χ3n) is 5.54. The van der Waals surface area contributed by atoms with Gasteiger partial charge < -0.3 is 15.8 Å². The quantitative estimate of drug-likeness (QED) is 0.737. The van der Waals surface area contributed by atoms with Gasteiger partial charge >= 0.3 is 6.03 Å². The first kappa shape index (κ1) is 19.1. The highest BCUT2D eigenvalue weighted by molar-refractivity contribution is 6.04. The van der Waals surface area contributed by atoms with Crippen molar-refractivity contribution in [3.8, 4) is 5.88 Å². The van der Waals surface area contributed by atoms with Crippen molar-refractivity contribution in [3.63, 3.8) is 0 Å². The van der Waals surface area contributed by atoms with Crippen LogP contribution in [0.15, 0.2) is 18.3 Å². The fourth-order valence-electron chi connectivity index (χ4n) is 3.73. The largest absolute Gasteiger partial charge is 0.474 e. The summed E-state index contributed by atoms with van der Waals surface area (Å²) in [5.74, 6) is -0.357. The topological polar surface area (TPSA) is 115 Å². The molecule has 8 heteroatoms. The van der Waals surface area contributed by atoms with E-state index in [4.69, 9.17) is 10.5 Å². The molecule has 0 spiro atoms. The van der Waals surface area contributed by atoms with Crippen LogP contribution in [0.4, 0.5) is 4.79 Å². The number of nitrogens with zero attached hydrogens (tertiary/aromatic N) is 2. The number of hydrogen-bond acceptors (Lipinski definition) is 5. The molecule has 2 heterocycles. The van der Waals surface area contributed by atoms with Crippen LogP contribution in [0, 0.1) is 5.92 Å². The summed E-state index contributed by atoms with van der Waals surface area (Å²) in [4.78, 5) is 41.9. The van der Waals surface area contributed by atoms with E-state index >= 15 is 0 Å².